The van der Waals surface area contributed by atoms with E-state index in [0.717, 1.165) is 0 Å². The summed E-state index contributed by atoms with van der Waals surface area (Å²) >= 11 is 0. The van der Waals surface area contributed by atoms with E-state index in [-0.39, 0.29) is 4.90 Å². The summed E-state index contributed by atoms with van der Waals surface area (Å²) in [4.78, 5) is 0.0277. The van der Waals surface area contributed by atoms with Gasteiger partial charge < -0.3 is 0 Å². The summed E-state index contributed by atoms with van der Waals surface area (Å²) in [7, 11) is -3.71. The minimum absolute atomic E-state index is 0.0277. The van der Waals surface area contributed by atoms with E-state index in [1.54, 1.807) is 19.1 Å². The summed E-state index contributed by atoms with van der Waals surface area (Å²) in [6, 6.07) is 6.10. The highest BCUT2D eigenvalue weighted by Gasteiger charge is 2.10. The van der Waals surface area contributed by atoms with Crippen LogP contribution in [-0.2, 0) is 10.0 Å². The van der Waals surface area contributed by atoms with Crippen molar-refractivity contribution in [3.05, 3.63) is 30.1 Å². The molecule has 0 atom stereocenters. The van der Waals surface area contributed by atoms with E-state index in [1.807, 2.05) is 0 Å². The molecule has 7 nitrogen and oxygen atoms in total. The van der Waals surface area contributed by atoms with Gasteiger partial charge in [0.2, 0.25) is 10.0 Å². The lowest BCUT2D eigenvalue weighted by Crippen LogP contribution is -2.12. The van der Waals surface area contributed by atoms with Crippen molar-refractivity contribution in [1.82, 2.24) is 20.2 Å². The molecular formula is C8H9N5O2S. The first-order valence-corrected chi connectivity index (χ1v) is 5.91. The molecule has 0 bridgehead atoms. The summed E-state index contributed by atoms with van der Waals surface area (Å²) < 4.78 is 23.7. The first-order chi connectivity index (χ1) is 7.48. The minimum Gasteiger partial charge on any atom is -0.225 e. The molecule has 0 radical (unpaired) electrons. The molecule has 84 valence electrons. The van der Waals surface area contributed by atoms with Crippen molar-refractivity contribution >= 4 is 10.0 Å². The molecule has 0 aliphatic carbocycles. The van der Waals surface area contributed by atoms with E-state index in [1.165, 1.54) is 16.8 Å². The van der Waals surface area contributed by atoms with E-state index < -0.39 is 10.0 Å². The molecule has 1 aromatic heterocycles. The number of benzene rings is 1. The number of hydrogen-bond acceptors (Lipinski definition) is 5. The quantitative estimate of drug-likeness (QED) is 0.769. The maximum Gasteiger partial charge on any atom is 0.238 e. The Kier molecular flexibility index (Phi) is 2.44. The Balaban J connectivity index is 2.57. The van der Waals surface area contributed by atoms with Gasteiger partial charge in [0.1, 0.15) is 0 Å². The third kappa shape index (κ3) is 1.92. The molecule has 1 aromatic carbocycles. The molecule has 0 aliphatic rings. The molecule has 0 fully saturated rings. The zero-order valence-electron chi connectivity index (χ0n) is 8.40. The molecule has 2 rings (SSSR count). The van der Waals surface area contributed by atoms with E-state index in [0.29, 0.717) is 11.5 Å². The standard InChI is InChI=1S/C8H9N5O2S/c1-6-10-11-12-13(6)7-3-2-4-8(5-7)16(9,14)15/h2-5H,1H3,(H2,9,14,15). The van der Waals surface area contributed by atoms with Gasteiger partial charge in [-0.2, -0.15) is 4.68 Å². The average Bonchev–Trinajstić information content (AvgIpc) is 2.63. The second-order valence-corrected chi connectivity index (χ2v) is 4.74. The molecule has 0 saturated carbocycles. The Labute approximate surface area is 91.9 Å². The molecule has 0 amide bonds. The number of aryl methyl sites for hydroxylation is 1. The van der Waals surface area contributed by atoms with Crippen molar-refractivity contribution < 1.29 is 8.42 Å². The van der Waals surface area contributed by atoms with Gasteiger partial charge >= 0.3 is 0 Å². The summed E-state index contributed by atoms with van der Waals surface area (Å²) in [6.07, 6.45) is 0. The van der Waals surface area contributed by atoms with Crippen LogP contribution in [0.1, 0.15) is 5.82 Å². The summed E-state index contributed by atoms with van der Waals surface area (Å²) in [6.45, 7) is 1.71. The molecule has 8 heteroatoms. The zero-order chi connectivity index (χ0) is 11.8. The number of tetrazole rings is 1. The smallest absolute Gasteiger partial charge is 0.225 e. The van der Waals surface area contributed by atoms with Crippen molar-refractivity contribution in [2.24, 2.45) is 5.14 Å². The van der Waals surface area contributed by atoms with Crippen LogP contribution in [0.15, 0.2) is 29.2 Å². The van der Waals surface area contributed by atoms with E-state index in [9.17, 15) is 8.42 Å². The fourth-order valence-corrected chi connectivity index (χ4v) is 1.82. The van der Waals surface area contributed by atoms with Crippen LogP contribution < -0.4 is 5.14 Å². The maximum atomic E-state index is 11.2. The highest BCUT2D eigenvalue weighted by molar-refractivity contribution is 7.89. The van der Waals surface area contributed by atoms with Crippen LogP contribution in [0.2, 0.25) is 0 Å². The molecule has 2 aromatic rings. The van der Waals surface area contributed by atoms with Crippen molar-refractivity contribution in [2.45, 2.75) is 11.8 Å². The molecule has 16 heavy (non-hydrogen) atoms. The third-order valence-electron chi connectivity index (χ3n) is 2.02. The molecule has 0 spiro atoms. The Bertz CT molecular complexity index is 619. The van der Waals surface area contributed by atoms with Crippen molar-refractivity contribution in [1.29, 1.82) is 0 Å². The number of rotatable bonds is 2. The van der Waals surface area contributed by atoms with Gasteiger partial charge in [0.05, 0.1) is 10.6 Å². The number of primary sulfonamides is 1. The topological polar surface area (TPSA) is 104 Å². The average molecular weight is 239 g/mol. The number of sulfonamides is 1. The molecule has 2 N–H and O–H groups in total. The Morgan fingerprint density at radius 2 is 2.12 bits per heavy atom. The fourth-order valence-electron chi connectivity index (χ4n) is 1.26. The van der Waals surface area contributed by atoms with Crippen LogP contribution in [0.5, 0.6) is 0 Å². The first kappa shape index (κ1) is 10.7. The number of aromatic nitrogens is 4. The molecule has 0 unspecified atom stereocenters. The molecular weight excluding hydrogens is 230 g/mol. The van der Waals surface area contributed by atoms with Gasteiger partial charge in [0.15, 0.2) is 5.82 Å². The summed E-state index contributed by atoms with van der Waals surface area (Å²) in [5.41, 5.74) is 0.550. The largest absolute Gasteiger partial charge is 0.238 e. The second-order valence-electron chi connectivity index (χ2n) is 3.18. The van der Waals surface area contributed by atoms with Gasteiger partial charge in [0.25, 0.3) is 0 Å². The lowest BCUT2D eigenvalue weighted by atomic mass is 10.3. The lowest BCUT2D eigenvalue weighted by molar-refractivity contribution is 0.597. The van der Waals surface area contributed by atoms with Gasteiger partial charge in [-0.25, -0.2) is 13.6 Å². The van der Waals surface area contributed by atoms with Crippen LogP contribution in [0, 0.1) is 6.92 Å². The van der Waals surface area contributed by atoms with Crippen molar-refractivity contribution in [2.75, 3.05) is 0 Å². The van der Waals surface area contributed by atoms with Gasteiger partial charge in [-0.3, -0.25) is 0 Å². The predicted octanol–water partition coefficient (Wildman–Crippen LogP) is -0.382. The number of hydrogen-bond donors (Lipinski definition) is 1. The van der Waals surface area contributed by atoms with E-state index in [2.05, 4.69) is 15.5 Å². The van der Waals surface area contributed by atoms with Crippen molar-refractivity contribution in [3.8, 4) is 5.69 Å². The SMILES string of the molecule is Cc1nnnn1-c1cccc(S(N)(=O)=O)c1. The predicted molar refractivity (Wildman–Crippen MR) is 55.3 cm³/mol. The van der Waals surface area contributed by atoms with E-state index >= 15 is 0 Å². The van der Waals surface area contributed by atoms with Crippen LogP contribution in [0.4, 0.5) is 0 Å². The van der Waals surface area contributed by atoms with E-state index in [4.69, 9.17) is 5.14 Å². The highest BCUT2D eigenvalue weighted by atomic mass is 32.2. The number of nitrogens with two attached hydrogens (primary N) is 1. The summed E-state index contributed by atoms with van der Waals surface area (Å²) in [5, 5.41) is 15.9. The van der Waals surface area contributed by atoms with Gasteiger partial charge in [-0.15, -0.1) is 5.10 Å². The van der Waals surface area contributed by atoms with Crippen LogP contribution >= 0.6 is 0 Å². The van der Waals surface area contributed by atoms with Crippen molar-refractivity contribution in [3.63, 3.8) is 0 Å². The molecule has 1 heterocycles. The number of nitrogens with zero attached hydrogens (tertiary/aromatic N) is 4. The van der Waals surface area contributed by atoms with Crippen LogP contribution in [0.3, 0.4) is 0 Å². The lowest BCUT2D eigenvalue weighted by Gasteiger charge is -2.03. The minimum atomic E-state index is -3.71. The second kappa shape index (κ2) is 3.65. The Hall–Kier alpha value is -1.80. The van der Waals surface area contributed by atoms with Crippen LogP contribution in [-0.4, -0.2) is 28.6 Å². The maximum absolute atomic E-state index is 11.2. The van der Waals surface area contributed by atoms with Gasteiger partial charge in [-0.1, -0.05) is 6.07 Å². The Morgan fingerprint density at radius 3 is 2.69 bits per heavy atom. The van der Waals surface area contributed by atoms with Gasteiger partial charge in [-0.05, 0) is 35.5 Å². The van der Waals surface area contributed by atoms with Gasteiger partial charge in [0, 0.05) is 0 Å². The Morgan fingerprint density at radius 1 is 1.38 bits per heavy atom. The first-order valence-electron chi connectivity index (χ1n) is 4.37. The molecule has 0 saturated heterocycles. The highest BCUT2D eigenvalue weighted by Crippen LogP contribution is 2.13. The zero-order valence-corrected chi connectivity index (χ0v) is 9.22. The normalized spacial score (nSPS) is 11.6. The fraction of sp³-hybridized carbons (Fsp3) is 0.125. The third-order valence-corrected chi connectivity index (χ3v) is 2.93. The monoisotopic (exact) mass is 239 g/mol. The summed E-state index contributed by atoms with van der Waals surface area (Å²) in [5.74, 6) is 0.562. The molecule has 0 aliphatic heterocycles. The van der Waals surface area contributed by atoms with Crippen LogP contribution in [0.25, 0.3) is 5.69 Å².